The zero-order valence-corrected chi connectivity index (χ0v) is 21.3. The van der Waals surface area contributed by atoms with Gasteiger partial charge in [-0.15, -0.1) is 0 Å². The molecule has 0 aliphatic heterocycles. The number of benzene rings is 2. The van der Waals surface area contributed by atoms with Crippen molar-refractivity contribution in [3.05, 3.63) is 82.2 Å². The highest BCUT2D eigenvalue weighted by molar-refractivity contribution is 7.90. The number of ether oxygens (including phenoxy) is 1. The lowest BCUT2D eigenvalue weighted by Crippen LogP contribution is -2.32. The van der Waals surface area contributed by atoms with E-state index in [1.807, 2.05) is 38.1 Å². The van der Waals surface area contributed by atoms with Crippen molar-refractivity contribution in [3.63, 3.8) is 0 Å². The maximum atomic E-state index is 13.3. The van der Waals surface area contributed by atoms with Crippen LogP contribution in [0.5, 0.6) is 11.5 Å². The number of rotatable bonds is 7. The second-order valence-electron chi connectivity index (χ2n) is 8.79. The van der Waals surface area contributed by atoms with Gasteiger partial charge in [0.25, 0.3) is 15.9 Å². The molecule has 0 aliphatic carbocycles. The van der Waals surface area contributed by atoms with Gasteiger partial charge in [-0.25, -0.2) is 18.1 Å². The van der Waals surface area contributed by atoms with Crippen LogP contribution in [0.2, 0.25) is 0 Å². The fourth-order valence-corrected chi connectivity index (χ4v) is 5.78. The number of sulfonamides is 1. The number of aryl methyl sites for hydroxylation is 3. The monoisotopic (exact) mass is 491 g/mol. The van der Waals surface area contributed by atoms with Crippen molar-refractivity contribution in [1.82, 2.24) is 14.7 Å². The molecule has 0 atom stereocenters. The SMILES string of the molecule is CCCc1ccc(C(=O)NS(=O)(=O)c2c(C)cc(C)c(C)c2C)c(Oc2cnc3[nH]ccc3c2)c1. The minimum Gasteiger partial charge on any atom is -0.455 e. The number of pyridine rings is 1. The van der Waals surface area contributed by atoms with E-state index in [-0.39, 0.29) is 16.2 Å². The number of carbonyl (C=O) groups is 1. The molecule has 182 valence electrons. The molecule has 0 saturated heterocycles. The van der Waals surface area contributed by atoms with Crippen LogP contribution in [0.1, 0.15) is 51.5 Å². The normalized spacial score (nSPS) is 11.6. The quantitative estimate of drug-likeness (QED) is 0.347. The van der Waals surface area contributed by atoms with Crippen molar-refractivity contribution in [3.8, 4) is 11.5 Å². The molecule has 0 unspecified atom stereocenters. The number of hydrogen-bond donors (Lipinski definition) is 2. The predicted molar refractivity (Wildman–Crippen MR) is 137 cm³/mol. The third kappa shape index (κ3) is 4.93. The first kappa shape index (κ1) is 24.5. The third-order valence-electron chi connectivity index (χ3n) is 6.21. The molecule has 35 heavy (non-hydrogen) atoms. The van der Waals surface area contributed by atoms with Crippen LogP contribution in [-0.4, -0.2) is 24.3 Å². The summed E-state index contributed by atoms with van der Waals surface area (Å²) in [6.45, 7) is 9.36. The summed E-state index contributed by atoms with van der Waals surface area (Å²) in [4.78, 5) is 20.7. The Morgan fingerprint density at radius 1 is 1.03 bits per heavy atom. The highest BCUT2D eigenvalue weighted by atomic mass is 32.2. The molecular weight excluding hydrogens is 462 g/mol. The van der Waals surface area contributed by atoms with Crippen molar-refractivity contribution < 1.29 is 17.9 Å². The van der Waals surface area contributed by atoms with Crippen molar-refractivity contribution in [2.24, 2.45) is 0 Å². The Labute approximate surface area is 205 Å². The summed E-state index contributed by atoms with van der Waals surface area (Å²) in [6, 6.07) is 10.7. The first-order valence-electron chi connectivity index (χ1n) is 11.5. The number of nitrogens with one attached hydrogen (secondary N) is 2. The van der Waals surface area contributed by atoms with Crippen LogP contribution in [0, 0.1) is 27.7 Å². The van der Waals surface area contributed by atoms with Gasteiger partial charge in [-0.3, -0.25) is 4.79 Å². The molecule has 8 heteroatoms. The largest absolute Gasteiger partial charge is 0.455 e. The maximum Gasteiger partial charge on any atom is 0.268 e. The Morgan fingerprint density at radius 2 is 1.80 bits per heavy atom. The summed E-state index contributed by atoms with van der Waals surface area (Å²) in [5, 5.41) is 0.862. The van der Waals surface area contributed by atoms with E-state index in [0.29, 0.717) is 16.9 Å². The first-order chi connectivity index (χ1) is 16.6. The van der Waals surface area contributed by atoms with Crippen molar-refractivity contribution in [2.45, 2.75) is 52.4 Å². The molecule has 0 radical (unpaired) electrons. The van der Waals surface area contributed by atoms with Gasteiger partial charge in [-0.05, 0) is 86.2 Å². The van der Waals surface area contributed by atoms with E-state index in [0.717, 1.165) is 40.6 Å². The van der Waals surface area contributed by atoms with E-state index in [1.54, 1.807) is 38.4 Å². The number of carbonyl (C=O) groups excluding carboxylic acids is 1. The number of amides is 1. The number of fused-ring (bicyclic) bond motifs is 1. The molecule has 2 aromatic heterocycles. The molecular formula is C27H29N3O4S. The number of H-pyrrole nitrogens is 1. The summed E-state index contributed by atoms with van der Waals surface area (Å²) in [5.41, 5.74) is 4.93. The van der Waals surface area contributed by atoms with Crippen LogP contribution in [0.3, 0.4) is 0 Å². The molecule has 0 bridgehead atoms. The highest BCUT2D eigenvalue weighted by Gasteiger charge is 2.26. The van der Waals surface area contributed by atoms with Gasteiger partial charge >= 0.3 is 0 Å². The second-order valence-corrected chi connectivity index (χ2v) is 10.4. The zero-order chi connectivity index (χ0) is 25.3. The second kappa shape index (κ2) is 9.54. The van der Waals surface area contributed by atoms with Gasteiger partial charge in [0.2, 0.25) is 0 Å². The van der Waals surface area contributed by atoms with Gasteiger partial charge in [0.1, 0.15) is 17.1 Å². The summed E-state index contributed by atoms with van der Waals surface area (Å²) in [6.07, 6.45) is 5.06. The van der Waals surface area contributed by atoms with E-state index in [4.69, 9.17) is 4.74 Å². The van der Waals surface area contributed by atoms with Crippen molar-refractivity contribution >= 4 is 27.0 Å². The summed E-state index contributed by atoms with van der Waals surface area (Å²) in [5.74, 6) is -0.0341. The van der Waals surface area contributed by atoms with Crippen LogP contribution in [-0.2, 0) is 16.4 Å². The predicted octanol–water partition coefficient (Wildman–Crippen LogP) is 5.66. The van der Waals surface area contributed by atoms with E-state index < -0.39 is 15.9 Å². The fourth-order valence-electron chi connectivity index (χ4n) is 4.29. The Hall–Kier alpha value is -3.65. The Bertz CT molecular complexity index is 1540. The lowest BCUT2D eigenvalue weighted by atomic mass is 10.0. The van der Waals surface area contributed by atoms with Crippen molar-refractivity contribution in [1.29, 1.82) is 0 Å². The smallest absolute Gasteiger partial charge is 0.268 e. The van der Waals surface area contributed by atoms with Gasteiger partial charge < -0.3 is 9.72 Å². The lowest BCUT2D eigenvalue weighted by Gasteiger charge is -2.17. The Balaban J connectivity index is 1.71. The molecule has 0 aliphatic rings. The molecule has 1 amide bonds. The van der Waals surface area contributed by atoms with E-state index >= 15 is 0 Å². The van der Waals surface area contributed by atoms with Crippen molar-refractivity contribution in [2.75, 3.05) is 0 Å². The number of aromatic amines is 1. The lowest BCUT2D eigenvalue weighted by molar-refractivity contribution is 0.0979. The summed E-state index contributed by atoms with van der Waals surface area (Å²) >= 11 is 0. The number of nitrogens with zero attached hydrogens (tertiary/aromatic N) is 1. The van der Waals surface area contributed by atoms with Crippen LogP contribution in [0.15, 0.2) is 53.7 Å². The first-order valence-corrected chi connectivity index (χ1v) is 13.0. The molecule has 0 fully saturated rings. The molecule has 2 aromatic carbocycles. The average molecular weight is 492 g/mol. The molecule has 2 N–H and O–H groups in total. The summed E-state index contributed by atoms with van der Waals surface area (Å²) in [7, 11) is -4.11. The van der Waals surface area contributed by atoms with Gasteiger partial charge in [-0.1, -0.05) is 25.5 Å². The van der Waals surface area contributed by atoms with Gasteiger partial charge in [-0.2, -0.15) is 0 Å². The Morgan fingerprint density at radius 3 is 2.54 bits per heavy atom. The van der Waals surface area contributed by atoms with Crippen LogP contribution in [0.4, 0.5) is 0 Å². The molecule has 4 aromatic rings. The summed E-state index contributed by atoms with van der Waals surface area (Å²) < 4.78 is 34.9. The maximum absolute atomic E-state index is 13.3. The highest BCUT2D eigenvalue weighted by Crippen LogP contribution is 2.30. The van der Waals surface area contributed by atoms with Gasteiger partial charge in [0.15, 0.2) is 0 Å². The molecule has 0 spiro atoms. The zero-order valence-electron chi connectivity index (χ0n) is 20.5. The van der Waals surface area contributed by atoms with E-state index in [2.05, 4.69) is 21.6 Å². The minimum atomic E-state index is -4.11. The molecule has 7 nitrogen and oxygen atoms in total. The minimum absolute atomic E-state index is 0.126. The van der Waals surface area contributed by atoms with E-state index in [9.17, 15) is 13.2 Å². The molecule has 4 rings (SSSR count). The standard InChI is InChI=1S/C27H29N3O4S/c1-6-7-20-8-9-23(24(13-20)34-22-14-21-10-11-28-26(21)29-15-22)27(31)30-35(32,33)25-17(3)12-16(2)18(4)19(25)5/h8-15H,6-7H2,1-5H3,(H,28,29)(H,30,31). The van der Waals surface area contributed by atoms with Gasteiger partial charge in [0, 0.05) is 11.6 Å². The molecule has 2 heterocycles. The molecule has 0 saturated carbocycles. The van der Waals surface area contributed by atoms with Crippen LogP contribution >= 0.6 is 0 Å². The van der Waals surface area contributed by atoms with Gasteiger partial charge in [0.05, 0.1) is 16.7 Å². The Kier molecular flexibility index (Phi) is 6.67. The average Bonchev–Trinajstić information content (AvgIpc) is 3.25. The number of aromatic nitrogens is 2. The number of hydrogen-bond acceptors (Lipinski definition) is 5. The topological polar surface area (TPSA) is 101 Å². The van der Waals surface area contributed by atoms with Crippen LogP contribution in [0.25, 0.3) is 11.0 Å². The third-order valence-corrected chi connectivity index (χ3v) is 7.83. The van der Waals surface area contributed by atoms with Crippen LogP contribution < -0.4 is 9.46 Å². The van der Waals surface area contributed by atoms with E-state index in [1.165, 1.54) is 0 Å². The fraction of sp³-hybridized carbons (Fsp3) is 0.259.